The highest BCUT2D eigenvalue weighted by Gasteiger charge is 2.10. The first-order valence-corrected chi connectivity index (χ1v) is 6.08. The molecule has 2 aromatic rings. The number of nitrogens with zero attached hydrogens (tertiary/aromatic N) is 4. The molecular weight excluding hydrogens is 236 g/mol. The molecule has 19 heavy (non-hydrogen) atoms. The van der Waals surface area contributed by atoms with Gasteiger partial charge in [-0.3, -0.25) is 0 Å². The van der Waals surface area contributed by atoms with Crippen LogP contribution >= 0.6 is 0 Å². The van der Waals surface area contributed by atoms with Gasteiger partial charge >= 0.3 is 0 Å². The Hall–Kier alpha value is -2.41. The van der Waals surface area contributed by atoms with Crippen LogP contribution in [0.5, 0.6) is 0 Å². The van der Waals surface area contributed by atoms with E-state index < -0.39 is 0 Å². The molecule has 96 valence electrons. The first-order chi connectivity index (χ1) is 9.01. The summed E-state index contributed by atoms with van der Waals surface area (Å²) < 4.78 is 0. The van der Waals surface area contributed by atoms with Gasteiger partial charge in [-0.2, -0.15) is 5.26 Å². The number of hydrogen-bond acceptors (Lipinski definition) is 4. The molecule has 0 fully saturated rings. The average Bonchev–Trinajstić information content (AvgIpc) is 2.37. The Morgan fingerprint density at radius 1 is 1.11 bits per heavy atom. The molecule has 0 aliphatic rings. The van der Waals surface area contributed by atoms with Crippen molar-refractivity contribution in [3.8, 4) is 6.07 Å². The highest BCUT2D eigenvalue weighted by Crippen LogP contribution is 2.26. The Labute approximate surface area is 113 Å². The van der Waals surface area contributed by atoms with Gasteiger partial charge in [0.15, 0.2) is 0 Å². The molecule has 0 aliphatic carbocycles. The highest BCUT2D eigenvalue weighted by atomic mass is 15.2. The van der Waals surface area contributed by atoms with Crippen LogP contribution in [0.25, 0.3) is 0 Å². The van der Waals surface area contributed by atoms with Gasteiger partial charge in [-0.05, 0) is 32.4 Å². The van der Waals surface area contributed by atoms with E-state index in [1.807, 2.05) is 11.9 Å². The number of aryl methyl sites for hydroxylation is 3. The van der Waals surface area contributed by atoms with Crippen LogP contribution < -0.4 is 4.90 Å². The lowest BCUT2D eigenvalue weighted by molar-refractivity contribution is 0.997. The van der Waals surface area contributed by atoms with E-state index in [9.17, 15) is 0 Å². The summed E-state index contributed by atoms with van der Waals surface area (Å²) in [5.41, 5.74) is 3.87. The summed E-state index contributed by atoms with van der Waals surface area (Å²) in [6.07, 6.45) is 0. The standard InChI is InChI=1S/C15H16N4/c1-10-5-6-14(11(2)7-10)19(4)15-8-13(9-16)17-12(3)18-15/h5-8H,1-4H3. The number of hydrogen-bond donors (Lipinski definition) is 0. The smallest absolute Gasteiger partial charge is 0.146 e. The van der Waals surface area contributed by atoms with Gasteiger partial charge in [0.05, 0.1) is 0 Å². The lowest BCUT2D eigenvalue weighted by atomic mass is 10.1. The van der Waals surface area contributed by atoms with Crippen LogP contribution in [0, 0.1) is 32.1 Å². The van der Waals surface area contributed by atoms with E-state index >= 15 is 0 Å². The summed E-state index contributed by atoms with van der Waals surface area (Å²) in [6, 6.07) is 10.0. The fraction of sp³-hybridized carbons (Fsp3) is 0.267. The normalized spacial score (nSPS) is 10.1. The number of anilines is 2. The third-order valence-corrected chi connectivity index (χ3v) is 3.00. The monoisotopic (exact) mass is 252 g/mol. The zero-order valence-corrected chi connectivity index (χ0v) is 11.6. The number of rotatable bonds is 2. The van der Waals surface area contributed by atoms with Gasteiger partial charge in [0, 0.05) is 18.8 Å². The molecule has 4 nitrogen and oxygen atoms in total. The van der Waals surface area contributed by atoms with Crippen molar-refractivity contribution in [2.75, 3.05) is 11.9 Å². The Kier molecular flexibility index (Phi) is 3.48. The van der Waals surface area contributed by atoms with E-state index in [-0.39, 0.29) is 0 Å². The summed E-state index contributed by atoms with van der Waals surface area (Å²) >= 11 is 0. The molecule has 0 saturated heterocycles. The molecule has 0 unspecified atom stereocenters. The Morgan fingerprint density at radius 3 is 2.47 bits per heavy atom. The van der Waals surface area contributed by atoms with Crippen molar-refractivity contribution in [1.82, 2.24) is 9.97 Å². The topological polar surface area (TPSA) is 52.8 Å². The molecule has 0 N–H and O–H groups in total. The van der Waals surface area contributed by atoms with Crippen LogP contribution in [0.3, 0.4) is 0 Å². The van der Waals surface area contributed by atoms with Gasteiger partial charge in [0.1, 0.15) is 23.4 Å². The minimum Gasteiger partial charge on any atom is -0.329 e. The lowest BCUT2D eigenvalue weighted by Crippen LogP contribution is -2.14. The van der Waals surface area contributed by atoms with Gasteiger partial charge < -0.3 is 4.90 Å². The third kappa shape index (κ3) is 2.71. The molecule has 0 aliphatic heterocycles. The van der Waals surface area contributed by atoms with Crippen LogP contribution in [0.15, 0.2) is 24.3 Å². The van der Waals surface area contributed by atoms with E-state index in [1.54, 1.807) is 13.0 Å². The van der Waals surface area contributed by atoms with E-state index in [2.05, 4.69) is 48.1 Å². The maximum Gasteiger partial charge on any atom is 0.146 e. The van der Waals surface area contributed by atoms with Crippen LogP contribution in [-0.2, 0) is 0 Å². The minimum atomic E-state index is 0.388. The Morgan fingerprint density at radius 2 is 1.84 bits per heavy atom. The summed E-state index contributed by atoms with van der Waals surface area (Å²) in [7, 11) is 1.95. The molecular formula is C15H16N4. The molecule has 2 rings (SSSR count). The second-order valence-corrected chi connectivity index (χ2v) is 4.62. The molecule has 0 bridgehead atoms. The van der Waals surface area contributed by atoms with Crippen molar-refractivity contribution >= 4 is 11.5 Å². The fourth-order valence-corrected chi connectivity index (χ4v) is 2.09. The van der Waals surface area contributed by atoms with Crippen LogP contribution in [0.1, 0.15) is 22.6 Å². The molecule has 4 heteroatoms. The Balaban J connectivity index is 2.47. The van der Waals surface area contributed by atoms with E-state index in [0.717, 1.165) is 11.5 Å². The van der Waals surface area contributed by atoms with E-state index in [4.69, 9.17) is 5.26 Å². The van der Waals surface area contributed by atoms with Gasteiger partial charge in [0.25, 0.3) is 0 Å². The van der Waals surface area contributed by atoms with Crippen molar-refractivity contribution < 1.29 is 0 Å². The number of aromatic nitrogens is 2. The maximum absolute atomic E-state index is 8.97. The van der Waals surface area contributed by atoms with Gasteiger partial charge in [-0.25, -0.2) is 9.97 Å². The SMILES string of the molecule is Cc1ccc(N(C)c2cc(C#N)nc(C)n2)c(C)c1. The zero-order chi connectivity index (χ0) is 14.0. The second-order valence-electron chi connectivity index (χ2n) is 4.62. The van der Waals surface area contributed by atoms with Crippen molar-refractivity contribution in [2.24, 2.45) is 0 Å². The lowest BCUT2D eigenvalue weighted by Gasteiger charge is -2.21. The number of nitriles is 1. The first kappa shape index (κ1) is 13.0. The van der Waals surface area contributed by atoms with Gasteiger partial charge in [0.2, 0.25) is 0 Å². The van der Waals surface area contributed by atoms with Crippen molar-refractivity contribution in [3.05, 3.63) is 46.9 Å². The van der Waals surface area contributed by atoms with Gasteiger partial charge in [-0.1, -0.05) is 17.7 Å². The average molecular weight is 252 g/mol. The quantitative estimate of drug-likeness (QED) is 0.824. The van der Waals surface area contributed by atoms with Crippen LogP contribution in [0.4, 0.5) is 11.5 Å². The zero-order valence-electron chi connectivity index (χ0n) is 11.6. The third-order valence-electron chi connectivity index (χ3n) is 3.00. The van der Waals surface area contributed by atoms with Crippen molar-refractivity contribution in [3.63, 3.8) is 0 Å². The van der Waals surface area contributed by atoms with Crippen molar-refractivity contribution in [2.45, 2.75) is 20.8 Å². The summed E-state index contributed by atoms with van der Waals surface area (Å²) in [6.45, 7) is 5.93. The number of benzene rings is 1. The first-order valence-electron chi connectivity index (χ1n) is 6.08. The second kappa shape index (κ2) is 5.07. The predicted octanol–water partition coefficient (Wildman–Crippen LogP) is 3.04. The molecule has 1 aromatic carbocycles. The fourth-order valence-electron chi connectivity index (χ4n) is 2.09. The molecule has 0 atom stereocenters. The summed E-state index contributed by atoms with van der Waals surface area (Å²) in [5, 5.41) is 8.97. The summed E-state index contributed by atoms with van der Waals surface area (Å²) in [5.74, 6) is 1.33. The van der Waals surface area contributed by atoms with E-state index in [1.165, 1.54) is 11.1 Å². The molecule has 0 radical (unpaired) electrons. The van der Waals surface area contributed by atoms with Crippen LogP contribution in [-0.4, -0.2) is 17.0 Å². The van der Waals surface area contributed by atoms with E-state index in [0.29, 0.717) is 11.5 Å². The molecule has 1 aromatic heterocycles. The largest absolute Gasteiger partial charge is 0.329 e. The van der Waals surface area contributed by atoms with Crippen LogP contribution in [0.2, 0.25) is 0 Å². The van der Waals surface area contributed by atoms with Gasteiger partial charge in [-0.15, -0.1) is 0 Å². The maximum atomic E-state index is 8.97. The minimum absolute atomic E-state index is 0.388. The molecule has 0 amide bonds. The van der Waals surface area contributed by atoms with Crippen molar-refractivity contribution in [1.29, 1.82) is 5.26 Å². The molecule has 1 heterocycles. The highest BCUT2D eigenvalue weighted by molar-refractivity contribution is 5.64. The molecule has 0 saturated carbocycles. The summed E-state index contributed by atoms with van der Waals surface area (Å²) in [4.78, 5) is 10.4. The Bertz CT molecular complexity index is 656. The predicted molar refractivity (Wildman–Crippen MR) is 75.5 cm³/mol. The molecule has 0 spiro atoms.